The van der Waals surface area contributed by atoms with Gasteiger partial charge in [0.15, 0.2) is 17.8 Å². The van der Waals surface area contributed by atoms with Crippen molar-refractivity contribution in [2.75, 3.05) is 39.6 Å². The Labute approximate surface area is 265 Å². The summed E-state index contributed by atoms with van der Waals surface area (Å²) in [5.74, 6) is 0.768. The topological polar surface area (TPSA) is 159 Å². The number of ether oxygens (including phenoxy) is 5. The molecule has 2 aromatic rings. The van der Waals surface area contributed by atoms with E-state index in [0.29, 0.717) is 24.7 Å². The Morgan fingerprint density at radius 2 is 1.91 bits per heavy atom. The van der Waals surface area contributed by atoms with E-state index in [1.165, 1.54) is 16.4 Å². The smallest absolute Gasteiger partial charge is 0.407 e. The maximum atomic E-state index is 14.2. The molecule has 0 radical (unpaired) electrons. The summed E-state index contributed by atoms with van der Waals surface area (Å²) in [5.41, 5.74) is 6.14. The molecule has 1 amide bonds. The molecule has 12 nitrogen and oxygen atoms in total. The minimum absolute atomic E-state index is 0.0137. The molecule has 3 aliphatic rings. The summed E-state index contributed by atoms with van der Waals surface area (Å²) in [7, 11) is -4.11. The number of sulfonamides is 1. The first kappa shape index (κ1) is 33.4. The molecule has 5 atom stereocenters. The van der Waals surface area contributed by atoms with Gasteiger partial charge < -0.3 is 39.8 Å². The minimum atomic E-state index is -4.11. The molecule has 5 rings (SSSR count). The van der Waals surface area contributed by atoms with Crippen LogP contribution < -0.4 is 20.5 Å². The van der Waals surface area contributed by atoms with Crippen LogP contribution in [-0.4, -0.2) is 88.1 Å². The third-order valence-corrected chi connectivity index (χ3v) is 10.4. The molecule has 3 heterocycles. The van der Waals surface area contributed by atoms with Crippen LogP contribution >= 0.6 is 0 Å². The van der Waals surface area contributed by atoms with E-state index in [2.05, 4.69) is 5.32 Å². The van der Waals surface area contributed by atoms with Gasteiger partial charge in [-0.25, -0.2) is 13.2 Å². The summed E-state index contributed by atoms with van der Waals surface area (Å²) in [6.07, 6.45) is 0.559. The van der Waals surface area contributed by atoms with Crippen molar-refractivity contribution in [3.63, 3.8) is 0 Å². The van der Waals surface area contributed by atoms with E-state index in [0.717, 1.165) is 31.2 Å². The molecule has 2 aromatic carbocycles. The second-order valence-corrected chi connectivity index (χ2v) is 14.6. The summed E-state index contributed by atoms with van der Waals surface area (Å²) < 4.78 is 57.3. The fourth-order valence-corrected chi connectivity index (χ4v) is 7.76. The lowest BCUT2D eigenvalue weighted by Crippen LogP contribution is -2.52. The third-order valence-electron chi connectivity index (χ3n) is 8.59. The van der Waals surface area contributed by atoms with Crippen molar-refractivity contribution in [2.45, 2.75) is 75.4 Å². The van der Waals surface area contributed by atoms with Crippen LogP contribution in [0.1, 0.15) is 45.1 Å². The third kappa shape index (κ3) is 8.46. The number of unbranched alkanes of at least 4 members (excludes halogenated alkanes) is 1. The average Bonchev–Trinajstić information content (AvgIpc) is 3.75. The Morgan fingerprint density at radius 1 is 1.13 bits per heavy atom. The number of alkyl carbamates (subject to hydrolysis) is 1. The molecule has 0 bridgehead atoms. The number of carbonyl (C=O) groups is 1. The molecule has 248 valence electrons. The van der Waals surface area contributed by atoms with Gasteiger partial charge in [-0.2, -0.15) is 4.31 Å². The zero-order valence-electron chi connectivity index (χ0n) is 25.9. The monoisotopic (exact) mass is 647 g/mol. The number of amides is 1. The van der Waals surface area contributed by atoms with E-state index in [1.54, 1.807) is 6.07 Å². The molecule has 0 aliphatic carbocycles. The number of nitrogens with two attached hydrogens (primary N) is 1. The Kier molecular flexibility index (Phi) is 10.9. The van der Waals surface area contributed by atoms with Gasteiger partial charge in [0.05, 0.1) is 36.2 Å². The van der Waals surface area contributed by atoms with Gasteiger partial charge >= 0.3 is 6.09 Å². The number of aliphatic hydroxyl groups is 1. The first-order valence-electron chi connectivity index (χ1n) is 15.6. The number of nitrogens with one attached hydrogen (secondary N) is 1. The van der Waals surface area contributed by atoms with E-state index in [1.807, 2.05) is 44.2 Å². The number of hydrogen-bond donors (Lipinski definition) is 3. The molecule has 0 aromatic heterocycles. The van der Waals surface area contributed by atoms with Gasteiger partial charge in [0, 0.05) is 19.2 Å². The van der Waals surface area contributed by atoms with E-state index in [4.69, 9.17) is 29.4 Å². The van der Waals surface area contributed by atoms with E-state index in [-0.39, 0.29) is 50.0 Å². The van der Waals surface area contributed by atoms with E-state index in [9.17, 15) is 18.3 Å². The highest BCUT2D eigenvalue weighted by atomic mass is 32.2. The SMILES string of the molecule is CC(C)(CCCCN)CN(C[C@@H](O)[C@@H](Cc1ccccc1)NC(=O)O[C@@H]1COC2OCCC21)S(=O)(=O)c1ccc2c(c1)OCO2. The van der Waals surface area contributed by atoms with Gasteiger partial charge in [0.25, 0.3) is 0 Å². The second-order valence-electron chi connectivity index (χ2n) is 12.7. The lowest BCUT2D eigenvalue weighted by atomic mass is 9.87. The van der Waals surface area contributed by atoms with E-state index >= 15 is 0 Å². The van der Waals surface area contributed by atoms with Crippen LogP contribution in [0.15, 0.2) is 53.4 Å². The lowest BCUT2D eigenvalue weighted by molar-refractivity contribution is -0.0907. The van der Waals surface area contributed by atoms with Crippen LogP contribution in [0.25, 0.3) is 0 Å². The Balaban J connectivity index is 1.37. The van der Waals surface area contributed by atoms with Gasteiger partial charge in [0.1, 0.15) is 6.10 Å². The van der Waals surface area contributed by atoms with Gasteiger partial charge in [-0.15, -0.1) is 0 Å². The Bertz CT molecular complexity index is 1390. The number of fused-ring (bicyclic) bond motifs is 2. The number of hydrogen-bond acceptors (Lipinski definition) is 10. The van der Waals surface area contributed by atoms with Crippen LogP contribution in [0.2, 0.25) is 0 Å². The number of benzene rings is 2. The Hall–Kier alpha value is -2.94. The fourth-order valence-electron chi connectivity index (χ4n) is 6.10. The van der Waals surface area contributed by atoms with Crippen molar-refractivity contribution in [1.82, 2.24) is 9.62 Å². The van der Waals surface area contributed by atoms with Crippen LogP contribution in [0, 0.1) is 11.3 Å². The molecule has 0 saturated carbocycles. The van der Waals surface area contributed by atoms with Gasteiger partial charge in [0.2, 0.25) is 16.8 Å². The molecular formula is C32H45N3O9S. The van der Waals surface area contributed by atoms with Crippen molar-refractivity contribution in [1.29, 1.82) is 0 Å². The number of rotatable bonds is 15. The average molecular weight is 648 g/mol. The van der Waals surface area contributed by atoms with E-state index < -0.39 is 39.8 Å². The zero-order valence-corrected chi connectivity index (χ0v) is 26.7. The number of nitrogens with zero attached hydrogens (tertiary/aromatic N) is 1. The molecular weight excluding hydrogens is 602 g/mol. The summed E-state index contributed by atoms with van der Waals surface area (Å²) in [5, 5.41) is 14.5. The fraction of sp³-hybridized carbons (Fsp3) is 0.594. The number of aliphatic hydroxyl groups excluding tert-OH is 1. The summed E-state index contributed by atoms with van der Waals surface area (Å²) in [4.78, 5) is 13.2. The molecule has 13 heteroatoms. The number of carbonyl (C=O) groups excluding carboxylic acids is 1. The zero-order chi connectivity index (χ0) is 32.0. The predicted octanol–water partition coefficient (Wildman–Crippen LogP) is 3.02. The maximum Gasteiger partial charge on any atom is 0.407 e. The lowest BCUT2D eigenvalue weighted by Gasteiger charge is -2.35. The van der Waals surface area contributed by atoms with Crippen LogP contribution in [0.3, 0.4) is 0 Å². The minimum Gasteiger partial charge on any atom is -0.454 e. The quantitative estimate of drug-likeness (QED) is 0.245. The molecule has 2 unspecified atom stereocenters. The second kappa shape index (κ2) is 14.7. The van der Waals surface area contributed by atoms with Crippen molar-refractivity contribution < 1.29 is 42.0 Å². The van der Waals surface area contributed by atoms with Crippen LogP contribution in [0.5, 0.6) is 11.5 Å². The highest BCUT2D eigenvalue weighted by Crippen LogP contribution is 2.36. The van der Waals surface area contributed by atoms with Crippen molar-refractivity contribution in [3.05, 3.63) is 54.1 Å². The summed E-state index contributed by atoms with van der Waals surface area (Å²) in [6.45, 7) is 5.21. The highest BCUT2D eigenvalue weighted by Gasteiger charge is 2.44. The summed E-state index contributed by atoms with van der Waals surface area (Å²) in [6, 6.07) is 13.0. The first-order chi connectivity index (χ1) is 21.6. The molecule has 2 saturated heterocycles. The van der Waals surface area contributed by atoms with Crippen molar-refractivity contribution >= 4 is 16.1 Å². The van der Waals surface area contributed by atoms with Crippen molar-refractivity contribution in [3.8, 4) is 11.5 Å². The van der Waals surface area contributed by atoms with Gasteiger partial charge in [-0.05, 0) is 55.3 Å². The Morgan fingerprint density at radius 3 is 2.69 bits per heavy atom. The normalized spacial score (nSPS) is 22.3. The molecule has 3 aliphatic heterocycles. The van der Waals surface area contributed by atoms with Crippen LogP contribution in [-0.2, 0) is 30.7 Å². The maximum absolute atomic E-state index is 14.2. The molecule has 4 N–H and O–H groups in total. The van der Waals surface area contributed by atoms with Gasteiger partial charge in [-0.3, -0.25) is 0 Å². The predicted molar refractivity (Wildman–Crippen MR) is 165 cm³/mol. The standard InChI is InChI=1S/C32H45N3O9S/c1-32(2,13-6-7-14-33)20-35(45(38,39)23-10-11-27-28(17-23)43-21-42-27)18-26(36)25(16-22-8-4-3-5-9-22)34-31(37)44-29-19-41-30-24(29)12-15-40-30/h3-5,8-11,17,24-26,29-30,36H,6-7,12-16,18-21,33H2,1-2H3,(H,34,37)/t24?,25-,26-,29-,30?/m1/s1. The molecule has 45 heavy (non-hydrogen) atoms. The van der Waals surface area contributed by atoms with Crippen molar-refractivity contribution in [2.24, 2.45) is 17.1 Å². The van der Waals surface area contributed by atoms with Gasteiger partial charge in [-0.1, -0.05) is 50.6 Å². The molecule has 0 spiro atoms. The summed E-state index contributed by atoms with van der Waals surface area (Å²) >= 11 is 0. The largest absolute Gasteiger partial charge is 0.454 e. The first-order valence-corrected chi connectivity index (χ1v) is 17.0. The highest BCUT2D eigenvalue weighted by molar-refractivity contribution is 7.89. The molecule has 2 fully saturated rings. The van der Waals surface area contributed by atoms with Crippen LogP contribution in [0.4, 0.5) is 4.79 Å².